The van der Waals surface area contributed by atoms with Crippen molar-refractivity contribution in [1.82, 2.24) is 25.5 Å². The molecular formula is C11H13N5O. The molecule has 1 aliphatic heterocycles. The van der Waals surface area contributed by atoms with Gasteiger partial charge in [0.05, 0.1) is 17.9 Å². The van der Waals surface area contributed by atoms with Crippen molar-refractivity contribution in [1.29, 1.82) is 0 Å². The van der Waals surface area contributed by atoms with Crippen molar-refractivity contribution < 1.29 is 4.79 Å². The lowest BCUT2D eigenvalue weighted by Crippen LogP contribution is -2.32. The molecule has 0 radical (unpaired) electrons. The molecule has 3 heterocycles. The number of rotatable bonds is 1. The number of aromatic nitrogens is 4. The number of aromatic amines is 1. The van der Waals surface area contributed by atoms with Gasteiger partial charge in [-0.3, -0.25) is 9.89 Å². The molecule has 88 valence electrons. The van der Waals surface area contributed by atoms with E-state index in [1.54, 1.807) is 6.20 Å². The van der Waals surface area contributed by atoms with Gasteiger partial charge in [-0.25, -0.2) is 9.97 Å². The number of ketones is 1. The van der Waals surface area contributed by atoms with Crippen molar-refractivity contribution in [3.8, 4) is 0 Å². The van der Waals surface area contributed by atoms with Crippen LogP contribution < -0.4 is 5.32 Å². The van der Waals surface area contributed by atoms with E-state index >= 15 is 0 Å². The standard InChI is InChI=1S/C11H13N5O/c1-6-10-9(16-15-6)5-13-11(14-10)8-4-7(17)2-3-12-8/h5,8,12H,2-4H2,1H3,(H,15,16). The van der Waals surface area contributed by atoms with Crippen LogP contribution in [-0.4, -0.2) is 32.5 Å². The third-order valence-corrected chi connectivity index (χ3v) is 3.03. The first-order valence-corrected chi connectivity index (χ1v) is 5.67. The molecule has 17 heavy (non-hydrogen) atoms. The number of Topliss-reactive ketones (excluding diaryl/α,β-unsaturated/α-hetero) is 1. The Bertz CT molecular complexity index is 576. The summed E-state index contributed by atoms with van der Waals surface area (Å²) in [7, 11) is 0. The molecule has 1 atom stereocenters. The fourth-order valence-electron chi connectivity index (χ4n) is 2.08. The third-order valence-electron chi connectivity index (χ3n) is 3.03. The van der Waals surface area contributed by atoms with Crippen LogP contribution in [0.1, 0.15) is 30.4 Å². The summed E-state index contributed by atoms with van der Waals surface area (Å²) in [5.74, 6) is 0.941. The van der Waals surface area contributed by atoms with E-state index in [0.29, 0.717) is 25.2 Å². The van der Waals surface area contributed by atoms with E-state index in [1.165, 1.54) is 0 Å². The lowest BCUT2D eigenvalue weighted by molar-refractivity contribution is -0.120. The lowest BCUT2D eigenvalue weighted by atomic mass is 10.0. The molecule has 2 aromatic rings. The van der Waals surface area contributed by atoms with Crippen molar-refractivity contribution >= 4 is 16.8 Å². The predicted molar refractivity (Wildman–Crippen MR) is 61.4 cm³/mol. The zero-order valence-corrected chi connectivity index (χ0v) is 9.53. The molecule has 1 fully saturated rings. The molecule has 1 saturated heterocycles. The molecule has 2 N–H and O–H groups in total. The van der Waals surface area contributed by atoms with Crippen LogP contribution in [0.25, 0.3) is 11.0 Å². The van der Waals surface area contributed by atoms with E-state index in [4.69, 9.17) is 0 Å². The number of fused-ring (bicyclic) bond motifs is 1. The van der Waals surface area contributed by atoms with Gasteiger partial charge in [0.15, 0.2) is 0 Å². The van der Waals surface area contributed by atoms with Crippen LogP contribution in [0.2, 0.25) is 0 Å². The summed E-state index contributed by atoms with van der Waals surface area (Å²) in [5, 5.41) is 10.2. The van der Waals surface area contributed by atoms with E-state index in [0.717, 1.165) is 16.7 Å². The number of carbonyl (C=O) groups excluding carboxylic acids is 1. The molecule has 0 aromatic carbocycles. The van der Waals surface area contributed by atoms with Crippen molar-refractivity contribution in [2.45, 2.75) is 25.8 Å². The second kappa shape index (κ2) is 3.89. The van der Waals surface area contributed by atoms with Gasteiger partial charge in [-0.1, -0.05) is 0 Å². The summed E-state index contributed by atoms with van der Waals surface area (Å²) in [4.78, 5) is 20.2. The molecule has 6 nitrogen and oxygen atoms in total. The van der Waals surface area contributed by atoms with Crippen molar-refractivity contribution in [2.75, 3.05) is 6.54 Å². The van der Waals surface area contributed by atoms with Gasteiger partial charge in [0.2, 0.25) is 0 Å². The molecule has 0 aliphatic carbocycles. The number of hydrogen-bond acceptors (Lipinski definition) is 5. The van der Waals surface area contributed by atoms with Crippen LogP contribution in [0.5, 0.6) is 0 Å². The maximum absolute atomic E-state index is 11.4. The largest absolute Gasteiger partial charge is 0.306 e. The average Bonchev–Trinajstić information content (AvgIpc) is 2.71. The fraction of sp³-hybridized carbons (Fsp3) is 0.455. The Kier molecular flexibility index (Phi) is 2.36. The Labute approximate surface area is 97.8 Å². The number of aryl methyl sites for hydroxylation is 1. The summed E-state index contributed by atoms with van der Waals surface area (Å²) in [6.07, 6.45) is 2.77. The van der Waals surface area contributed by atoms with Gasteiger partial charge in [0, 0.05) is 19.4 Å². The zero-order chi connectivity index (χ0) is 11.8. The average molecular weight is 231 g/mol. The third kappa shape index (κ3) is 1.80. The van der Waals surface area contributed by atoms with Crippen LogP contribution in [0.15, 0.2) is 6.20 Å². The Hall–Kier alpha value is -1.82. The minimum Gasteiger partial charge on any atom is -0.306 e. The van der Waals surface area contributed by atoms with Crippen LogP contribution in [-0.2, 0) is 4.79 Å². The molecule has 3 rings (SSSR count). The van der Waals surface area contributed by atoms with E-state index in [9.17, 15) is 4.79 Å². The second-order valence-corrected chi connectivity index (χ2v) is 4.31. The topological polar surface area (TPSA) is 83.6 Å². The first-order chi connectivity index (χ1) is 8.24. The highest BCUT2D eigenvalue weighted by Crippen LogP contribution is 2.20. The quantitative estimate of drug-likeness (QED) is 0.753. The number of hydrogen-bond donors (Lipinski definition) is 2. The monoisotopic (exact) mass is 231 g/mol. The van der Waals surface area contributed by atoms with Gasteiger partial charge in [-0.05, 0) is 6.92 Å². The SMILES string of the molecule is Cc1[nH]nc2cnc(C3CC(=O)CCN3)nc12. The normalized spacial score (nSPS) is 21.0. The Morgan fingerprint density at radius 3 is 3.18 bits per heavy atom. The molecule has 6 heteroatoms. The number of nitrogens with one attached hydrogen (secondary N) is 2. The van der Waals surface area contributed by atoms with Gasteiger partial charge in [0.1, 0.15) is 22.6 Å². The summed E-state index contributed by atoms with van der Waals surface area (Å²) < 4.78 is 0. The Balaban J connectivity index is 1.99. The number of nitrogens with zero attached hydrogens (tertiary/aromatic N) is 3. The number of H-pyrrole nitrogens is 1. The maximum Gasteiger partial charge on any atom is 0.146 e. The molecule has 1 unspecified atom stereocenters. The maximum atomic E-state index is 11.4. The van der Waals surface area contributed by atoms with Crippen molar-refractivity contribution in [3.05, 3.63) is 17.7 Å². The minimum atomic E-state index is -0.0602. The Morgan fingerprint density at radius 1 is 1.47 bits per heavy atom. The van der Waals surface area contributed by atoms with E-state index in [2.05, 4.69) is 25.5 Å². The number of carbonyl (C=O) groups is 1. The highest BCUT2D eigenvalue weighted by atomic mass is 16.1. The molecule has 0 spiro atoms. The molecule has 0 amide bonds. The van der Waals surface area contributed by atoms with E-state index < -0.39 is 0 Å². The first kappa shape index (κ1) is 10.3. The fourth-order valence-corrected chi connectivity index (χ4v) is 2.08. The highest BCUT2D eigenvalue weighted by molar-refractivity contribution is 5.80. The van der Waals surface area contributed by atoms with Gasteiger partial charge in [-0.2, -0.15) is 5.10 Å². The minimum absolute atomic E-state index is 0.0602. The van der Waals surface area contributed by atoms with Gasteiger partial charge in [0.25, 0.3) is 0 Å². The molecule has 0 bridgehead atoms. The van der Waals surface area contributed by atoms with Gasteiger partial charge >= 0.3 is 0 Å². The summed E-state index contributed by atoms with van der Waals surface area (Å²) in [6.45, 7) is 2.63. The second-order valence-electron chi connectivity index (χ2n) is 4.31. The number of piperidine rings is 1. The first-order valence-electron chi connectivity index (χ1n) is 5.67. The lowest BCUT2D eigenvalue weighted by Gasteiger charge is -2.21. The van der Waals surface area contributed by atoms with E-state index in [-0.39, 0.29) is 11.8 Å². The molecule has 1 aliphatic rings. The predicted octanol–water partition coefficient (Wildman–Crippen LogP) is 0.655. The summed E-state index contributed by atoms with van der Waals surface area (Å²) in [5.41, 5.74) is 2.51. The van der Waals surface area contributed by atoms with Crippen molar-refractivity contribution in [2.24, 2.45) is 0 Å². The molecule has 0 saturated carbocycles. The smallest absolute Gasteiger partial charge is 0.146 e. The van der Waals surface area contributed by atoms with Gasteiger partial charge in [-0.15, -0.1) is 0 Å². The van der Waals surface area contributed by atoms with Crippen LogP contribution in [0.4, 0.5) is 0 Å². The van der Waals surface area contributed by atoms with Crippen LogP contribution in [0.3, 0.4) is 0 Å². The van der Waals surface area contributed by atoms with Crippen LogP contribution in [0, 0.1) is 6.92 Å². The van der Waals surface area contributed by atoms with E-state index in [1.807, 2.05) is 6.92 Å². The Morgan fingerprint density at radius 2 is 2.35 bits per heavy atom. The molecular weight excluding hydrogens is 218 g/mol. The summed E-state index contributed by atoms with van der Waals surface area (Å²) in [6, 6.07) is -0.0602. The molecule has 2 aromatic heterocycles. The highest BCUT2D eigenvalue weighted by Gasteiger charge is 2.23. The summed E-state index contributed by atoms with van der Waals surface area (Å²) >= 11 is 0. The van der Waals surface area contributed by atoms with Gasteiger partial charge < -0.3 is 5.32 Å². The van der Waals surface area contributed by atoms with Crippen molar-refractivity contribution in [3.63, 3.8) is 0 Å². The zero-order valence-electron chi connectivity index (χ0n) is 9.53. The van der Waals surface area contributed by atoms with Crippen LogP contribution >= 0.6 is 0 Å².